The van der Waals surface area contributed by atoms with Gasteiger partial charge in [0.05, 0.1) is 6.10 Å². The van der Waals surface area contributed by atoms with Crippen LogP contribution in [0.25, 0.3) is 0 Å². The maximum atomic E-state index is 11.8. The van der Waals surface area contributed by atoms with E-state index in [2.05, 4.69) is 31.4 Å². The fourth-order valence-electron chi connectivity index (χ4n) is 2.56. The summed E-state index contributed by atoms with van der Waals surface area (Å²) in [5.74, 6) is 0.548. The van der Waals surface area contributed by atoms with Crippen molar-refractivity contribution in [2.45, 2.75) is 84.6 Å². The molecule has 1 rings (SSSR count). The first-order chi connectivity index (χ1) is 10.2. The Labute approximate surface area is 135 Å². The number of rotatable bonds is 6. The molecule has 130 valence electrons. The molecule has 1 amide bonds. The maximum Gasteiger partial charge on any atom is 0.407 e. The van der Waals surface area contributed by atoms with E-state index < -0.39 is 5.60 Å². The fraction of sp³-hybridized carbons (Fsp3) is 0.941. The van der Waals surface area contributed by atoms with Crippen molar-refractivity contribution >= 4 is 6.09 Å². The average molecular weight is 314 g/mol. The van der Waals surface area contributed by atoms with Crippen molar-refractivity contribution in [1.82, 2.24) is 10.6 Å². The zero-order valence-electron chi connectivity index (χ0n) is 15.1. The molecule has 3 unspecified atom stereocenters. The van der Waals surface area contributed by atoms with Crippen molar-refractivity contribution in [2.75, 3.05) is 13.2 Å². The Morgan fingerprint density at radius 1 is 1.36 bits per heavy atom. The summed E-state index contributed by atoms with van der Waals surface area (Å²) < 4.78 is 11.1. The molecular formula is C17H34N2O3. The van der Waals surface area contributed by atoms with Crippen molar-refractivity contribution in [1.29, 1.82) is 0 Å². The monoisotopic (exact) mass is 314 g/mol. The molecule has 0 radical (unpaired) electrons. The van der Waals surface area contributed by atoms with E-state index in [0.29, 0.717) is 18.1 Å². The summed E-state index contributed by atoms with van der Waals surface area (Å²) in [6.07, 6.45) is 2.95. The Hall–Kier alpha value is -0.810. The van der Waals surface area contributed by atoms with Crippen molar-refractivity contribution in [3.8, 4) is 0 Å². The lowest BCUT2D eigenvalue weighted by atomic mass is 9.95. The van der Waals surface area contributed by atoms with Crippen LogP contribution < -0.4 is 10.6 Å². The molecule has 0 aromatic carbocycles. The van der Waals surface area contributed by atoms with E-state index in [1.807, 2.05) is 20.8 Å². The predicted molar refractivity (Wildman–Crippen MR) is 89.1 cm³/mol. The third-order valence-electron chi connectivity index (χ3n) is 3.93. The summed E-state index contributed by atoms with van der Waals surface area (Å²) in [5.41, 5.74) is -0.457. The lowest BCUT2D eigenvalue weighted by Crippen LogP contribution is -2.48. The van der Waals surface area contributed by atoms with Gasteiger partial charge in [0.1, 0.15) is 5.60 Å². The lowest BCUT2D eigenvalue weighted by Gasteiger charge is -2.33. The molecule has 1 fully saturated rings. The Morgan fingerprint density at radius 3 is 2.59 bits per heavy atom. The molecule has 1 saturated heterocycles. The number of ether oxygens (including phenoxy) is 2. The van der Waals surface area contributed by atoms with Crippen LogP contribution in [0.15, 0.2) is 0 Å². The predicted octanol–water partition coefficient (Wildman–Crippen LogP) is 3.08. The van der Waals surface area contributed by atoms with Gasteiger partial charge in [0.15, 0.2) is 0 Å². The third kappa shape index (κ3) is 7.45. The highest BCUT2D eigenvalue weighted by atomic mass is 16.6. The minimum Gasteiger partial charge on any atom is -0.444 e. The number of hydrogen-bond donors (Lipinski definition) is 2. The number of amides is 1. The largest absolute Gasteiger partial charge is 0.444 e. The summed E-state index contributed by atoms with van der Waals surface area (Å²) in [5, 5.41) is 6.52. The van der Waals surface area contributed by atoms with Gasteiger partial charge in [-0.05, 0) is 46.0 Å². The van der Waals surface area contributed by atoms with Crippen molar-refractivity contribution in [3.05, 3.63) is 0 Å². The molecule has 0 aromatic rings. The molecule has 3 atom stereocenters. The smallest absolute Gasteiger partial charge is 0.407 e. The number of carbonyl (C=O) groups is 1. The van der Waals surface area contributed by atoms with Crippen molar-refractivity contribution in [2.24, 2.45) is 5.92 Å². The van der Waals surface area contributed by atoms with Crippen LogP contribution in [0.5, 0.6) is 0 Å². The molecule has 5 heteroatoms. The summed E-state index contributed by atoms with van der Waals surface area (Å²) in [7, 11) is 0. The molecule has 0 bridgehead atoms. The first-order valence-corrected chi connectivity index (χ1v) is 8.55. The van der Waals surface area contributed by atoms with Crippen LogP contribution >= 0.6 is 0 Å². The summed E-state index contributed by atoms with van der Waals surface area (Å²) in [6.45, 7) is 13.7. The Balaban J connectivity index is 2.35. The first kappa shape index (κ1) is 19.2. The summed E-state index contributed by atoms with van der Waals surface area (Å²) in [6, 6.07) is 0.561. The van der Waals surface area contributed by atoms with Crippen molar-refractivity contribution < 1.29 is 14.3 Å². The van der Waals surface area contributed by atoms with E-state index in [1.165, 1.54) is 0 Å². The first-order valence-electron chi connectivity index (χ1n) is 8.55. The highest BCUT2D eigenvalue weighted by Crippen LogP contribution is 2.20. The Bertz CT molecular complexity index is 339. The molecule has 1 aliphatic rings. The second kappa shape index (κ2) is 8.73. The quantitative estimate of drug-likeness (QED) is 0.791. The molecular weight excluding hydrogens is 280 g/mol. The van der Waals surface area contributed by atoms with Crippen LogP contribution in [0.4, 0.5) is 4.79 Å². The normalized spacial score (nSPS) is 24.1. The van der Waals surface area contributed by atoms with Gasteiger partial charge in [-0.1, -0.05) is 20.8 Å². The molecule has 1 aliphatic heterocycles. The van der Waals surface area contributed by atoms with Gasteiger partial charge in [0, 0.05) is 25.2 Å². The second-order valence-electron chi connectivity index (χ2n) is 7.53. The minimum absolute atomic E-state index is 0.0928. The van der Waals surface area contributed by atoms with Gasteiger partial charge >= 0.3 is 6.09 Å². The molecule has 0 aromatic heterocycles. The van der Waals surface area contributed by atoms with E-state index >= 15 is 0 Å². The van der Waals surface area contributed by atoms with Gasteiger partial charge in [-0.15, -0.1) is 0 Å². The molecule has 0 spiro atoms. The van der Waals surface area contributed by atoms with Crippen LogP contribution in [0.3, 0.4) is 0 Å². The zero-order chi connectivity index (χ0) is 16.8. The highest BCUT2D eigenvalue weighted by Gasteiger charge is 2.25. The van der Waals surface area contributed by atoms with Crippen molar-refractivity contribution in [3.63, 3.8) is 0 Å². The molecule has 1 heterocycles. The van der Waals surface area contributed by atoms with Gasteiger partial charge in [0.2, 0.25) is 0 Å². The number of nitrogens with one attached hydrogen (secondary N) is 2. The summed E-state index contributed by atoms with van der Waals surface area (Å²) in [4.78, 5) is 11.8. The van der Waals surface area contributed by atoms with Crippen LogP contribution in [0.2, 0.25) is 0 Å². The zero-order valence-corrected chi connectivity index (χ0v) is 15.1. The molecule has 0 aliphatic carbocycles. The van der Waals surface area contributed by atoms with Gasteiger partial charge in [0.25, 0.3) is 0 Å². The maximum absolute atomic E-state index is 11.8. The fourth-order valence-corrected chi connectivity index (χ4v) is 2.56. The number of hydrogen-bond acceptors (Lipinski definition) is 4. The Morgan fingerprint density at radius 2 is 2.05 bits per heavy atom. The van der Waals surface area contributed by atoms with E-state index in [4.69, 9.17) is 9.47 Å². The second-order valence-corrected chi connectivity index (χ2v) is 7.53. The standard InChI is InChI=1S/C17H34N2O3/c1-7-13(19-16(20)22-17(4,5)6)11-18-14-8-9-21-15(10-14)12(2)3/h12-15,18H,7-11H2,1-6H3,(H,19,20). The third-order valence-corrected chi connectivity index (χ3v) is 3.93. The van der Waals surface area contributed by atoms with E-state index in [-0.39, 0.29) is 12.1 Å². The minimum atomic E-state index is -0.457. The average Bonchev–Trinajstić information content (AvgIpc) is 2.41. The molecule has 22 heavy (non-hydrogen) atoms. The van der Waals surface area contributed by atoms with Gasteiger partial charge in [-0.2, -0.15) is 0 Å². The van der Waals surface area contributed by atoms with Gasteiger partial charge in [-0.3, -0.25) is 0 Å². The number of alkyl carbamates (subject to hydrolysis) is 1. The van der Waals surface area contributed by atoms with E-state index in [1.54, 1.807) is 0 Å². The van der Waals surface area contributed by atoms with Gasteiger partial charge < -0.3 is 20.1 Å². The van der Waals surface area contributed by atoms with Crippen LogP contribution in [-0.2, 0) is 9.47 Å². The van der Waals surface area contributed by atoms with Gasteiger partial charge in [-0.25, -0.2) is 4.79 Å². The highest BCUT2D eigenvalue weighted by molar-refractivity contribution is 5.68. The van der Waals surface area contributed by atoms with E-state index in [9.17, 15) is 4.79 Å². The molecule has 2 N–H and O–H groups in total. The topological polar surface area (TPSA) is 59.6 Å². The van der Waals surface area contributed by atoms with Crippen LogP contribution in [-0.4, -0.2) is 43.0 Å². The van der Waals surface area contributed by atoms with Crippen LogP contribution in [0.1, 0.15) is 60.8 Å². The summed E-state index contributed by atoms with van der Waals surface area (Å²) >= 11 is 0. The molecule has 0 saturated carbocycles. The van der Waals surface area contributed by atoms with E-state index in [0.717, 1.165) is 32.4 Å². The SMILES string of the molecule is CCC(CNC1CCOC(C(C)C)C1)NC(=O)OC(C)(C)C. The Kier molecular flexibility index (Phi) is 7.63. The molecule has 5 nitrogen and oxygen atoms in total. The van der Waals surface area contributed by atoms with Crippen LogP contribution in [0, 0.1) is 5.92 Å². The lowest BCUT2D eigenvalue weighted by molar-refractivity contribution is -0.0246. The number of carbonyl (C=O) groups excluding carboxylic acids is 1.